The van der Waals surface area contributed by atoms with Crippen molar-refractivity contribution in [1.82, 2.24) is 9.88 Å². The van der Waals surface area contributed by atoms with Gasteiger partial charge in [-0.15, -0.1) is 0 Å². The molecule has 9 nitrogen and oxygen atoms in total. The van der Waals surface area contributed by atoms with Crippen LogP contribution in [0.25, 0.3) is 22.0 Å². The zero-order valence-corrected chi connectivity index (χ0v) is 26.4. The summed E-state index contributed by atoms with van der Waals surface area (Å²) >= 11 is 0. The summed E-state index contributed by atoms with van der Waals surface area (Å²) in [5, 5.41) is 13.3. The van der Waals surface area contributed by atoms with Gasteiger partial charge in [-0.05, 0) is 72.4 Å². The van der Waals surface area contributed by atoms with Crippen LogP contribution in [0.4, 0.5) is 9.59 Å². The number of amides is 1. The van der Waals surface area contributed by atoms with Crippen molar-refractivity contribution in [1.29, 1.82) is 0 Å². The maximum atomic E-state index is 13.2. The first-order chi connectivity index (χ1) is 22.6. The highest BCUT2D eigenvalue weighted by molar-refractivity contribution is 5.93. The standard InChI is InChI=1S/C38H36N2O7/c1-38(2,3)47-37(44)40-21-25(31-20-26(17-18-34(31)40)45-22-24-11-5-4-6-12-24)19-33(35(41)42)39-36(43)46-23-32-29-15-9-7-13-27(29)28-14-8-10-16-30(28)32/h4-18,20-21,32-33H,19,22-23H2,1-3H3,(H,39,43)(H,41,42)/t33-/m0/s1. The molecular weight excluding hydrogens is 596 g/mol. The molecule has 1 heterocycles. The maximum absolute atomic E-state index is 13.2. The summed E-state index contributed by atoms with van der Waals surface area (Å²) in [6.45, 7) is 5.69. The van der Waals surface area contributed by atoms with Crippen LogP contribution >= 0.6 is 0 Å². The molecule has 0 fully saturated rings. The summed E-state index contributed by atoms with van der Waals surface area (Å²) in [5.74, 6) is -0.869. The molecule has 5 aromatic rings. The molecule has 240 valence electrons. The Balaban J connectivity index is 1.22. The number of carbonyl (C=O) groups is 3. The number of rotatable bonds is 9. The number of hydrogen-bond donors (Lipinski definition) is 2. The van der Waals surface area contributed by atoms with Gasteiger partial charge in [0.2, 0.25) is 0 Å². The molecule has 1 aliphatic carbocycles. The third-order valence-electron chi connectivity index (χ3n) is 8.05. The van der Waals surface area contributed by atoms with Crippen LogP contribution in [0.2, 0.25) is 0 Å². The van der Waals surface area contributed by atoms with Gasteiger partial charge in [0.1, 0.15) is 30.6 Å². The van der Waals surface area contributed by atoms with Crippen molar-refractivity contribution >= 4 is 29.1 Å². The van der Waals surface area contributed by atoms with E-state index in [-0.39, 0.29) is 18.9 Å². The van der Waals surface area contributed by atoms with Crippen LogP contribution < -0.4 is 10.1 Å². The molecule has 0 unspecified atom stereocenters. The van der Waals surface area contributed by atoms with Crippen LogP contribution in [-0.4, -0.2) is 46.1 Å². The van der Waals surface area contributed by atoms with Crippen molar-refractivity contribution < 1.29 is 33.7 Å². The minimum atomic E-state index is -1.34. The molecule has 0 bridgehead atoms. The van der Waals surface area contributed by atoms with E-state index in [0.717, 1.165) is 27.8 Å². The number of benzene rings is 4. The lowest BCUT2D eigenvalue weighted by Gasteiger charge is -2.19. The Bertz CT molecular complexity index is 1900. The number of carboxylic acids is 1. The third kappa shape index (κ3) is 6.99. The Hall–Kier alpha value is -5.57. The molecule has 47 heavy (non-hydrogen) atoms. The molecule has 1 atom stereocenters. The van der Waals surface area contributed by atoms with Gasteiger partial charge in [-0.3, -0.25) is 4.57 Å². The van der Waals surface area contributed by atoms with E-state index in [1.807, 2.05) is 78.9 Å². The monoisotopic (exact) mass is 632 g/mol. The van der Waals surface area contributed by atoms with Crippen molar-refractivity contribution in [2.24, 2.45) is 0 Å². The molecule has 0 saturated carbocycles. The maximum Gasteiger partial charge on any atom is 0.419 e. The second-order valence-electron chi connectivity index (χ2n) is 12.5. The van der Waals surface area contributed by atoms with Crippen LogP contribution in [0.5, 0.6) is 5.75 Å². The Labute approximate surface area is 272 Å². The fraction of sp³-hybridized carbons (Fsp3) is 0.237. The van der Waals surface area contributed by atoms with Crippen molar-refractivity contribution in [2.75, 3.05) is 6.61 Å². The van der Waals surface area contributed by atoms with Gasteiger partial charge in [0, 0.05) is 23.9 Å². The smallest absolute Gasteiger partial charge is 0.419 e. The zero-order chi connectivity index (χ0) is 33.1. The minimum absolute atomic E-state index is 0.0479. The van der Waals surface area contributed by atoms with E-state index in [1.54, 1.807) is 45.2 Å². The molecule has 0 spiro atoms. The topological polar surface area (TPSA) is 116 Å². The number of carboxylic acid groups (broad SMARTS) is 1. The second kappa shape index (κ2) is 13.0. The number of aromatic nitrogens is 1. The number of hydrogen-bond acceptors (Lipinski definition) is 6. The molecular formula is C38H36N2O7. The molecule has 1 amide bonds. The van der Waals surface area contributed by atoms with Gasteiger partial charge in [-0.1, -0.05) is 78.9 Å². The van der Waals surface area contributed by atoms with Crippen molar-refractivity contribution in [3.63, 3.8) is 0 Å². The summed E-state index contributed by atoms with van der Waals surface area (Å²) < 4.78 is 18.6. The van der Waals surface area contributed by atoms with Gasteiger partial charge in [-0.2, -0.15) is 0 Å². The molecule has 0 aliphatic heterocycles. The first-order valence-corrected chi connectivity index (χ1v) is 15.5. The fourth-order valence-corrected chi connectivity index (χ4v) is 5.94. The van der Waals surface area contributed by atoms with Gasteiger partial charge in [0.25, 0.3) is 0 Å². The lowest BCUT2D eigenvalue weighted by atomic mass is 9.98. The van der Waals surface area contributed by atoms with E-state index in [4.69, 9.17) is 14.2 Å². The quantitative estimate of drug-likeness (QED) is 0.173. The largest absolute Gasteiger partial charge is 0.489 e. The van der Waals surface area contributed by atoms with E-state index < -0.39 is 29.8 Å². The molecule has 0 saturated heterocycles. The number of aliphatic carboxylic acids is 1. The Morgan fingerprint density at radius 2 is 1.51 bits per heavy atom. The molecule has 2 N–H and O–H groups in total. The molecule has 1 aromatic heterocycles. The number of nitrogens with zero attached hydrogens (tertiary/aromatic N) is 1. The average molecular weight is 633 g/mol. The molecule has 1 aliphatic rings. The van der Waals surface area contributed by atoms with Crippen LogP contribution in [-0.2, 0) is 27.3 Å². The van der Waals surface area contributed by atoms with E-state index in [0.29, 0.717) is 28.8 Å². The molecule has 4 aromatic carbocycles. The van der Waals surface area contributed by atoms with Crippen molar-refractivity contribution in [2.45, 2.75) is 51.4 Å². The predicted octanol–water partition coefficient (Wildman–Crippen LogP) is 7.54. The summed E-state index contributed by atoms with van der Waals surface area (Å²) in [5.41, 5.74) is 5.56. The lowest BCUT2D eigenvalue weighted by Crippen LogP contribution is -2.42. The van der Waals surface area contributed by atoms with Crippen molar-refractivity contribution in [3.05, 3.63) is 126 Å². The van der Waals surface area contributed by atoms with E-state index in [9.17, 15) is 19.5 Å². The predicted molar refractivity (Wildman–Crippen MR) is 178 cm³/mol. The van der Waals surface area contributed by atoms with Gasteiger partial charge < -0.3 is 24.6 Å². The highest BCUT2D eigenvalue weighted by Crippen LogP contribution is 2.44. The first kappa shape index (κ1) is 31.4. The number of carbonyl (C=O) groups excluding carboxylic acids is 2. The second-order valence-corrected chi connectivity index (χ2v) is 12.5. The number of ether oxygens (including phenoxy) is 3. The van der Waals surface area contributed by atoms with Gasteiger partial charge in [0.15, 0.2) is 0 Å². The zero-order valence-electron chi connectivity index (χ0n) is 26.4. The number of alkyl carbamates (subject to hydrolysis) is 1. The lowest BCUT2D eigenvalue weighted by molar-refractivity contribution is -0.139. The summed E-state index contributed by atoms with van der Waals surface area (Å²) in [4.78, 5) is 38.6. The summed E-state index contributed by atoms with van der Waals surface area (Å²) in [6, 6.07) is 29.6. The Morgan fingerprint density at radius 3 is 2.15 bits per heavy atom. The minimum Gasteiger partial charge on any atom is -0.489 e. The number of fused-ring (bicyclic) bond motifs is 4. The van der Waals surface area contributed by atoms with Gasteiger partial charge in [0.05, 0.1) is 5.52 Å². The SMILES string of the molecule is CC(C)(C)OC(=O)n1cc(C[C@H](NC(=O)OCC2c3ccccc3-c3ccccc32)C(=O)O)c2cc(OCc3ccccc3)ccc21. The highest BCUT2D eigenvalue weighted by Gasteiger charge is 2.30. The van der Waals surface area contributed by atoms with Crippen LogP contribution in [0.1, 0.15) is 48.9 Å². The van der Waals surface area contributed by atoms with Crippen LogP contribution in [0.15, 0.2) is 103 Å². The van der Waals surface area contributed by atoms with E-state index >= 15 is 0 Å². The van der Waals surface area contributed by atoms with E-state index in [1.165, 1.54) is 4.57 Å². The Kier molecular flexibility index (Phi) is 8.72. The van der Waals surface area contributed by atoms with E-state index in [2.05, 4.69) is 5.32 Å². The first-order valence-electron chi connectivity index (χ1n) is 15.5. The normalized spacial score (nSPS) is 13.0. The number of nitrogens with one attached hydrogen (secondary N) is 1. The average Bonchev–Trinajstić information content (AvgIpc) is 3.57. The molecule has 9 heteroatoms. The highest BCUT2D eigenvalue weighted by atomic mass is 16.6. The van der Waals surface area contributed by atoms with Crippen molar-refractivity contribution in [3.8, 4) is 16.9 Å². The van der Waals surface area contributed by atoms with Gasteiger partial charge in [-0.25, -0.2) is 14.4 Å². The van der Waals surface area contributed by atoms with Gasteiger partial charge >= 0.3 is 18.2 Å². The summed E-state index contributed by atoms with van der Waals surface area (Å²) in [6.07, 6.45) is -0.0201. The molecule has 6 rings (SSSR count). The third-order valence-corrected chi connectivity index (χ3v) is 8.05. The Morgan fingerprint density at radius 1 is 0.872 bits per heavy atom. The van der Waals surface area contributed by atoms with Crippen LogP contribution in [0.3, 0.4) is 0 Å². The fourth-order valence-electron chi connectivity index (χ4n) is 5.94. The molecule has 0 radical (unpaired) electrons. The van der Waals surface area contributed by atoms with Crippen LogP contribution in [0, 0.1) is 0 Å². The summed E-state index contributed by atoms with van der Waals surface area (Å²) in [7, 11) is 0.